The van der Waals surface area contributed by atoms with Crippen molar-refractivity contribution in [3.05, 3.63) is 58.3 Å². The number of carbonyl (C=O) groups excluding carboxylic acids is 1. The van der Waals surface area contributed by atoms with Gasteiger partial charge in [-0.2, -0.15) is 13.2 Å². The highest BCUT2D eigenvalue weighted by Crippen LogP contribution is 2.31. The van der Waals surface area contributed by atoms with Crippen molar-refractivity contribution in [2.24, 2.45) is 0 Å². The Labute approximate surface area is 148 Å². The third-order valence-electron chi connectivity index (χ3n) is 4.06. The van der Waals surface area contributed by atoms with E-state index in [1.807, 2.05) is 22.4 Å². The minimum Gasteiger partial charge on any atom is -0.368 e. The average molecular weight is 366 g/mol. The van der Waals surface area contributed by atoms with Gasteiger partial charge in [0.15, 0.2) is 0 Å². The first-order valence-corrected chi connectivity index (χ1v) is 8.74. The number of halogens is 3. The molecule has 0 bridgehead atoms. The molecule has 2 heterocycles. The second-order valence-corrected chi connectivity index (χ2v) is 6.69. The Morgan fingerprint density at radius 3 is 2.48 bits per heavy atom. The summed E-state index contributed by atoms with van der Waals surface area (Å²) < 4.78 is 38.5. The highest BCUT2D eigenvalue weighted by molar-refractivity contribution is 7.10. The fraction of sp³-hybridized carbons (Fsp3) is 0.278. The number of hydrogen-bond acceptors (Lipinski definition) is 3. The van der Waals surface area contributed by atoms with Gasteiger partial charge in [-0.25, -0.2) is 0 Å². The maximum atomic E-state index is 12.8. The van der Waals surface area contributed by atoms with Crippen LogP contribution in [0, 0.1) is 0 Å². The first kappa shape index (κ1) is 17.5. The molecule has 1 saturated heterocycles. The predicted molar refractivity (Wildman–Crippen MR) is 93.6 cm³/mol. The molecule has 25 heavy (non-hydrogen) atoms. The van der Waals surface area contributed by atoms with Crippen LogP contribution in [0.5, 0.6) is 0 Å². The van der Waals surface area contributed by atoms with Crippen LogP contribution < -0.4 is 4.90 Å². The fourth-order valence-corrected chi connectivity index (χ4v) is 3.33. The lowest BCUT2D eigenvalue weighted by molar-refractivity contribution is -0.137. The van der Waals surface area contributed by atoms with Crippen molar-refractivity contribution in [2.45, 2.75) is 6.18 Å². The van der Waals surface area contributed by atoms with Crippen molar-refractivity contribution in [1.82, 2.24) is 4.90 Å². The summed E-state index contributed by atoms with van der Waals surface area (Å²) in [5, 5.41) is 1.94. The van der Waals surface area contributed by atoms with E-state index in [0.29, 0.717) is 31.9 Å². The van der Waals surface area contributed by atoms with Crippen LogP contribution >= 0.6 is 11.3 Å². The summed E-state index contributed by atoms with van der Waals surface area (Å²) >= 11 is 1.55. The van der Waals surface area contributed by atoms with E-state index in [1.54, 1.807) is 34.5 Å². The van der Waals surface area contributed by atoms with E-state index in [9.17, 15) is 18.0 Å². The molecule has 3 rings (SSSR count). The number of amides is 1. The molecule has 132 valence electrons. The molecule has 7 heteroatoms. The summed E-state index contributed by atoms with van der Waals surface area (Å²) in [6.45, 7) is 2.01. The number of carbonyl (C=O) groups is 1. The lowest BCUT2D eigenvalue weighted by Gasteiger charge is -2.35. The van der Waals surface area contributed by atoms with Crippen molar-refractivity contribution in [3.63, 3.8) is 0 Å². The predicted octanol–water partition coefficient (Wildman–Crippen LogP) is 4.13. The highest BCUT2D eigenvalue weighted by Gasteiger charge is 2.31. The topological polar surface area (TPSA) is 23.6 Å². The summed E-state index contributed by atoms with van der Waals surface area (Å²) in [5.74, 6) is -0.0721. The molecule has 3 nitrogen and oxygen atoms in total. The highest BCUT2D eigenvalue weighted by atomic mass is 32.1. The molecule has 0 atom stereocenters. The van der Waals surface area contributed by atoms with E-state index < -0.39 is 11.7 Å². The van der Waals surface area contributed by atoms with Gasteiger partial charge in [-0.05, 0) is 35.7 Å². The van der Waals surface area contributed by atoms with Crippen molar-refractivity contribution < 1.29 is 18.0 Å². The molecule has 1 aromatic carbocycles. The van der Waals surface area contributed by atoms with Crippen LogP contribution in [0.4, 0.5) is 18.9 Å². The summed E-state index contributed by atoms with van der Waals surface area (Å²) in [5.41, 5.74) is -0.113. The minimum absolute atomic E-state index is 0.0721. The van der Waals surface area contributed by atoms with Crippen molar-refractivity contribution in [1.29, 1.82) is 0 Å². The molecule has 1 amide bonds. The van der Waals surface area contributed by atoms with Crippen LogP contribution in [-0.4, -0.2) is 37.0 Å². The number of rotatable bonds is 3. The van der Waals surface area contributed by atoms with Crippen LogP contribution in [0.3, 0.4) is 0 Å². The largest absolute Gasteiger partial charge is 0.416 e. The average Bonchev–Trinajstić information content (AvgIpc) is 3.13. The lowest BCUT2D eigenvalue weighted by atomic mass is 10.1. The Morgan fingerprint density at radius 2 is 1.84 bits per heavy atom. The normalized spacial score (nSPS) is 15.8. The summed E-state index contributed by atoms with van der Waals surface area (Å²) in [6.07, 6.45) is -1.02. The Bertz CT molecular complexity index is 748. The van der Waals surface area contributed by atoms with Crippen LogP contribution in [0.1, 0.15) is 10.4 Å². The Morgan fingerprint density at radius 1 is 1.08 bits per heavy atom. The maximum Gasteiger partial charge on any atom is 0.416 e. The van der Waals surface area contributed by atoms with E-state index in [1.165, 1.54) is 6.07 Å². The second-order valence-electron chi connectivity index (χ2n) is 5.71. The van der Waals surface area contributed by atoms with Gasteiger partial charge in [-0.1, -0.05) is 12.1 Å². The molecule has 1 aromatic heterocycles. The van der Waals surface area contributed by atoms with Crippen LogP contribution in [0.25, 0.3) is 6.08 Å². The monoisotopic (exact) mass is 366 g/mol. The summed E-state index contributed by atoms with van der Waals surface area (Å²) in [7, 11) is 0. The zero-order valence-electron chi connectivity index (χ0n) is 13.4. The van der Waals surface area contributed by atoms with Gasteiger partial charge in [0.05, 0.1) is 5.56 Å². The quantitative estimate of drug-likeness (QED) is 0.763. The molecule has 0 aliphatic carbocycles. The zero-order chi connectivity index (χ0) is 17.9. The van der Waals surface area contributed by atoms with E-state index in [4.69, 9.17) is 0 Å². The maximum absolute atomic E-state index is 12.8. The lowest BCUT2D eigenvalue weighted by Crippen LogP contribution is -2.48. The van der Waals surface area contributed by atoms with Gasteiger partial charge in [0.1, 0.15) is 0 Å². The third-order valence-corrected chi connectivity index (χ3v) is 4.90. The van der Waals surface area contributed by atoms with Crippen molar-refractivity contribution >= 4 is 29.0 Å². The van der Waals surface area contributed by atoms with E-state index in [2.05, 4.69) is 0 Å². The van der Waals surface area contributed by atoms with Gasteiger partial charge in [-0.3, -0.25) is 4.79 Å². The molecule has 1 fully saturated rings. The smallest absolute Gasteiger partial charge is 0.368 e. The Balaban J connectivity index is 1.59. The molecule has 0 radical (unpaired) electrons. The minimum atomic E-state index is -4.35. The number of benzene rings is 1. The Kier molecular flexibility index (Phi) is 5.13. The van der Waals surface area contributed by atoms with Gasteiger partial charge >= 0.3 is 6.18 Å². The number of thiophene rings is 1. The molecule has 2 aromatic rings. The van der Waals surface area contributed by atoms with E-state index in [-0.39, 0.29) is 5.91 Å². The van der Waals surface area contributed by atoms with Crippen molar-refractivity contribution in [3.8, 4) is 0 Å². The molecule has 1 aliphatic rings. The fourth-order valence-electron chi connectivity index (χ4n) is 2.71. The number of alkyl halides is 3. The van der Waals surface area contributed by atoms with Gasteiger partial charge in [0, 0.05) is 42.8 Å². The number of hydrogen-bond donors (Lipinski definition) is 0. The van der Waals surface area contributed by atoms with Gasteiger partial charge in [-0.15, -0.1) is 11.3 Å². The van der Waals surface area contributed by atoms with Crippen LogP contribution in [0.15, 0.2) is 47.9 Å². The molecule has 0 N–H and O–H groups in total. The van der Waals surface area contributed by atoms with Gasteiger partial charge in [0.25, 0.3) is 0 Å². The molecular weight excluding hydrogens is 349 g/mol. The molecule has 1 aliphatic heterocycles. The van der Waals surface area contributed by atoms with Gasteiger partial charge < -0.3 is 9.80 Å². The van der Waals surface area contributed by atoms with Gasteiger partial charge in [0.2, 0.25) is 5.91 Å². The number of nitrogens with zero attached hydrogens (tertiary/aromatic N) is 2. The molecule has 0 spiro atoms. The molecule has 0 saturated carbocycles. The van der Waals surface area contributed by atoms with E-state index in [0.717, 1.165) is 17.0 Å². The SMILES string of the molecule is O=C(C=Cc1cccs1)N1CCN(c2cccc(C(F)(F)F)c2)CC1. The number of anilines is 1. The van der Waals surface area contributed by atoms with Crippen LogP contribution in [0.2, 0.25) is 0 Å². The molecular formula is C18H17F3N2OS. The summed E-state index contributed by atoms with van der Waals surface area (Å²) in [4.78, 5) is 16.8. The first-order valence-electron chi connectivity index (χ1n) is 7.86. The zero-order valence-corrected chi connectivity index (χ0v) is 14.2. The summed E-state index contributed by atoms with van der Waals surface area (Å²) in [6, 6.07) is 9.17. The second kappa shape index (κ2) is 7.31. The first-order chi connectivity index (χ1) is 11.9. The van der Waals surface area contributed by atoms with Crippen LogP contribution in [-0.2, 0) is 11.0 Å². The Hall–Kier alpha value is -2.28. The standard InChI is InChI=1S/C18H17F3N2OS/c19-18(20,21)14-3-1-4-15(13-14)22-8-10-23(11-9-22)17(24)7-6-16-5-2-12-25-16/h1-7,12-13H,8-11H2. The third kappa shape index (κ3) is 4.42. The molecule has 0 unspecified atom stereocenters. The van der Waals surface area contributed by atoms with Crippen molar-refractivity contribution in [2.75, 3.05) is 31.1 Å². The van der Waals surface area contributed by atoms with E-state index >= 15 is 0 Å². The number of piperazine rings is 1.